The van der Waals surface area contributed by atoms with E-state index in [4.69, 9.17) is 27.8 Å². The summed E-state index contributed by atoms with van der Waals surface area (Å²) in [7, 11) is 0. The number of phenols is 3. The average molecular weight is 626 g/mol. The van der Waals surface area contributed by atoms with Gasteiger partial charge in [-0.05, 0) is 12.1 Å². The molecule has 0 amide bonds. The van der Waals surface area contributed by atoms with Gasteiger partial charge in [0.1, 0.15) is 48.8 Å². The van der Waals surface area contributed by atoms with Gasteiger partial charge in [0.05, 0.1) is 24.0 Å². The number of aliphatic hydroxyl groups excluding tert-OH is 7. The Hall–Kier alpha value is -3.82. The first-order valence-electron chi connectivity index (χ1n) is 13.1. The highest BCUT2D eigenvalue weighted by atomic mass is 16.7. The van der Waals surface area contributed by atoms with Crippen molar-refractivity contribution in [1.82, 2.24) is 0 Å². The van der Waals surface area contributed by atoms with Crippen LogP contribution in [0.3, 0.4) is 0 Å². The van der Waals surface area contributed by atoms with E-state index in [1.165, 1.54) is 0 Å². The van der Waals surface area contributed by atoms with Crippen molar-refractivity contribution in [3.63, 3.8) is 0 Å². The molecule has 2 aromatic heterocycles. The van der Waals surface area contributed by atoms with Crippen LogP contribution < -0.4 is 16.0 Å². The van der Waals surface area contributed by atoms with E-state index >= 15 is 0 Å². The molecule has 2 aliphatic heterocycles. The van der Waals surface area contributed by atoms with Gasteiger partial charge in [-0.25, -0.2) is 9.59 Å². The van der Waals surface area contributed by atoms with Crippen molar-refractivity contribution in [1.29, 1.82) is 0 Å². The Balaban J connectivity index is 1.39. The van der Waals surface area contributed by atoms with Gasteiger partial charge in [-0.3, -0.25) is 0 Å². The van der Waals surface area contributed by atoms with Crippen LogP contribution in [0.1, 0.15) is 0 Å². The summed E-state index contributed by atoms with van der Waals surface area (Å²) in [5.74, 6) is -3.13. The molecular formula is C26H26O18. The molecule has 18 heteroatoms. The smallest absolute Gasteiger partial charge is 0.344 e. The topological polar surface area (TPSA) is 300 Å². The second kappa shape index (κ2) is 11.0. The molecule has 4 aromatic rings. The van der Waals surface area contributed by atoms with Crippen LogP contribution in [-0.4, -0.2) is 126 Å². The van der Waals surface area contributed by atoms with E-state index in [1.54, 1.807) is 0 Å². The van der Waals surface area contributed by atoms with Crippen LogP contribution in [0.2, 0.25) is 0 Å². The van der Waals surface area contributed by atoms with Crippen LogP contribution in [0.25, 0.3) is 32.7 Å². The van der Waals surface area contributed by atoms with Crippen LogP contribution in [-0.2, 0) is 14.2 Å². The third-order valence-corrected chi connectivity index (χ3v) is 7.74. The van der Waals surface area contributed by atoms with Gasteiger partial charge in [-0.2, -0.15) is 0 Å². The Morgan fingerprint density at radius 2 is 1.20 bits per heavy atom. The van der Waals surface area contributed by atoms with Crippen molar-refractivity contribution in [3.8, 4) is 23.0 Å². The highest BCUT2D eigenvalue weighted by Gasteiger charge is 2.51. The molecule has 44 heavy (non-hydrogen) atoms. The molecule has 2 fully saturated rings. The van der Waals surface area contributed by atoms with Crippen molar-refractivity contribution in [2.75, 3.05) is 13.2 Å². The van der Waals surface area contributed by atoms with Gasteiger partial charge in [0.25, 0.3) is 0 Å². The van der Waals surface area contributed by atoms with E-state index < -0.39 is 120 Å². The minimum atomic E-state index is -2.01. The molecule has 2 aliphatic rings. The second-order valence-electron chi connectivity index (χ2n) is 10.4. The molecule has 0 saturated carbocycles. The lowest BCUT2D eigenvalue weighted by molar-refractivity contribution is -0.352. The fourth-order valence-corrected chi connectivity index (χ4v) is 5.43. The molecule has 238 valence electrons. The van der Waals surface area contributed by atoms with Gasteiger partial charge in [0.15, 0.2) is 29.0 Å². The quantitative estimate of drug-likeness (QED) is 0.0567. The zero-order valence-electron chi connectivity index (χ0n) is 22.1. The predicted octanol–water partition coefficient (Wildman–Crippen LogP) is -3.39. The van der Waals surface area contributed by atoms with E-state index in [0.29, 0.717) is 0 Å². The van der Waals surface area contributed by atoms with Crippen LogP contribution in [0.5, 0.6) is 23.0 Å². The van der Waals surface area contributed by atoms with Gasteiger partial charge >= 0.3 is 11.3 Å². The lowest BCUT2D eigenvalue weighted by Crippen LogP contribution is -2.65. The normalized spacial score (nSPS) is 33.0. The van der Waals surface area contributed by atoms with Crippen LogP contribution in [0.4, 0.5) is 0 Å². The number of aromatic hydroxyl groups is 3. The minimum Gasteiger partial charge on any atom is -0.504 e. The Bertz CT molecular complexity index is 1810. The van der Waals surface area contributed by atoms with Crippen molar-refractivity contribution in [2.24, 2.45) is 0 Å². The number of aliphatic hydroxyl groups is 7. The van der Waals surface area contributed by atoms with E-state index in [2.05, 4.69) is 0 Å². The maximum Gasteiger partial charge on any atom is 0.344 e. The second-order valence-corrected chi connectivity index (χ2v) is 10.4. The van der Waals surface area contributed by atoms with Crippen molar-refractivity contribution < 1.29 is 78.8 Å². The molecule has 0 bridgehead atoms. The first-order chi connectivity index (χ1) is 20.9. The summed E-state index contributed by atoms with van der Waals surface area (Å²) >= 11 is 0. The predicted molar refractivity (Wildman–Crippen MR) is 139 cm³/mol. The van der Waals surface area contributed by atoms with Gasteiger partial charge < -0.3 is 78.8 Å². The molecule has 2 unspecified atom stereocenters. The maximum absolute atomic E-state index is 12.9. The third-order valence-electron chi connectivity index (χ3n) is 7.74. The highest BCUT2D eigenvalue weighted by Crippen LogP contribution is 2.45. The SMILES string of the molecule is O=c1oc2c(O)c(OC3O[C@H](CO)[C@@H](O)C(O[C@H]4O[C@H](CO)[C@@H](O)[C@H](O)[C@H]4O)[C@H]3O)cc3c(=O)oc4c(O)c(O)cc1c4c23. The Kier molecular flexibility index (Phi) is 7.53. The Labute approximate surface area is 242 Å². The van der Waals surface area contributed by atoms with E-state index in [-0.39, 0.29) is 21.5 Å². The summed E-state index contributed by atoms with van der Waals surface area (Å²) in [4.78, 5) is 25.6. The Morgan fingerprint density at radius 1 is 0.659 bits per heavy atom. The number of phenolic OH excluding ortho intramolecular Hbond substituents is 3. The molecule has 0 aliphatic carbocycles. The Morgan fingerprint density at radius 3 is 1.82 bits per heavy atom. The van der Waals surface area contributed by atoms with Crippen molar-refractivity contribution in [2.45, 2.75) is 61.4 Å². The number of ether oxygens (including phenoxy) is 4. The molecular weight excluding hydrogens is 600 g/mol. The molecule has 0 spiro atoms. The van der Waals surface area contributed by atoms with Crippen LogP contribution in [0.15, 0.2) is 30.6 Å². The third kappa shape index (κ3) is 4.51. The number of hydrogen-bond donors (Lipinski definition) is 10. The molecule has 4 heterocycles. The van der Waals surface area contributed by atoms with E-state index in [0.717, 1.165) is 12.1 Å². The molecule has 6 rings (SSSR count). The standard InChI is InChI=1S/C26H26O18/c27-3-9-14(31)17(34)18(35)25(40-9)44-22-16(33)10(4-28)41-26(19(22)36)39-8-2-6-12-11-5(23(37)43-21(12)15(8)32)1-7(29)13(30)20(11)42-24(6)38/h1-2,9-10,14,16-19,22,25-36H,3-4H2/t9-,10-,14-,16-,17+,18-,19-,22?,25-,26?/m1/s1. The van der Waals surface area contributed by atoms with Gasteiger partial charge in [-0.15, -0.1) is 0 Å². The van der Waals surface area contributed by atoms with Gasteiger partial charge in [0, 0.05) is 10.8 Å². The zero-order valence-corrected chi connectivity index (χ0v) is 22.1. The van der Waals surface area contributed by atoms with Crippen LogP contribution in [0, 0.1) is 0 Å². The van der Waals surface area contributed by atoms with Crippen molar-refractivity contribution >= 4 is 32.7 Å². The summed E-state index contributed by atoms with van der Waals surface area (Å²) in [6.07, 6.45) is -17.8. The first-order valence-corrected chi connectivity index (χ1v) is 13.1. The molecule has 10 N–H and O–H groups in total. The van der Waals surface area contributed by atoms with E-state index in [1.807, 2.05) is 0 Å². The number of rotatable bonds is 6. The highest BCUT2D eigenvalue weighted by molar-refractivity contribution is 6.22. The van der Waals surface area contributed by atoms with Crippen LogP contribution >= 0.6 is 0 Å². The summed E-state index contributed by atoms with van der Waals surface area (Å²) in [6, 6.07) is 1.82. The summed E-state index contributed by atoms with van der Waals surface area (Å²) < 4.78 is 32.1. The van der Waals surface area contributed by atoms with E-state index in [9.17, 15) is 60.7 Å². The van der Waals surface area contributed by atoms with Crippen molar-refractivity contribution in [3.05, 3.63) is 33.0 Å². The van der Waals surface area contributed by atoms with Gasteiger partial charge in [-0.1, -0.05) is 0 Å². The fraction of sp³-hybridized carbons (Fsp3) is 0.462. The van der Waals surface area contributed by atoms with Gasteiger partial charge in [0.2, 0.25) is 17.8 Å². The monoisotopic (exact) mass is 626 g/mol. The largest absolute Gasteiger partial charge is 0.504 e. The molecule has 2 saturated heterocycles. The molecule has 10 atom stereocenters. The zero-order chi connectivity index (χ0) is 31.8. The maximum atomic E-state index is 12.9. The molecule has 2 aromatic carbocycles. The number of hydrogen-bond acceptors (Lipinski definition) is 18. The molecule has 18 nitrogen and oxygen atoms in total. The number of benzene rings is 2. The fourth-order valence-electron chi connectivity index (χ4n) is 5.43. The summed E-state index contributed by atoms with van der Waals surface area (Å²) in [6.45, 7) is -1.67. The average Bonchev–Trinajstić information content (AvgIpc) is 3.00. The lowest BCUT2D eigenvalue weighted by Gasteiger charge is -2.45. The minimum absolute atomic E-state index is 0.159. The lowest BCUT2D eigenvalue weighted by atomic mass is 9.97. The first kappa shape index (κ1) is 30.2. The molecule has 0 radical (unpaired) electrons. The summed E-state index contributed by atoms with van der Waals surface area (Å²) in [5, 5.41) is 102. The summed E-state index contributed by atoms with van der Waals surface area (Å²) in [5.41, 5.74) is -3.38.